The molecule has 1 aromatic heterocycles. The van der Waals surface area contributed by atoms with Gasteiger partial charge in [0.25, 0.3) is 0 Å². The Kier molecular flexibility index (Phi) is 4.08. The monoisotopic (exact) mass is 228 g/mol. The topological polar surface area (TPSA) is 62.2 Å². The third kappa shape index (κ3) is 3.20. The summed E-state index contributed by atoms with van der Waals surface area (Å²) in [5.74, 6) is -1.21. The molecule has 0 saturated heterocycles. The molecule has 4 nitrogen and oxygen atoms in total. The van der Waals surface area contributed by atoms with Crippen molar-refractivity contribution in [2.24, 2.45) is 5.92 Å². The fraction of sp³-hybridized carbons (Fsp3) is 0.600. The highest BCUT2D eigenvalue weighted by Crippen LogP contribution is 2.18. The molecule has 1 aromatic rings. The molecule has 2 atom stereocenters. The van der Waals surface area contributed by atoms with E-state index in [1.165, 1.54) is 11.3 Å². The fourth-order valence-corrected chi connectivity index (χ4v) is 1.96. The lowest BCUT2D eigenvalue weighted by molar-refractivity contribution is -0.141. The number of nitrogens with one attached hydrogen (secondary N) is 1. The van der Waals surface area contributed by atoms with Gasteiger partial charge in [-0.2, -0.15) is 0 Å². The summed E-state index contributed by atoms with van der Waals surface area (Å²) in [5.41, 5.74) is 1.04. The second-order valence-electron chi connectivity index (χ2n) is 3.56. The summed E-state index contributed by atoms with van der Waals surface area (Å²) in [4.78, 5) is 15.1. The van der Waals surface area contributed by atoms with Crippen molar-refractivity contribution in [3.63, 3.8) is 0 Å². The molecule has 0 aliphatic heterocycles. The van der Waals surface area contributed by atoms with Gasteiger partial charge in [-0.15, -0.1) is 11.3 Å². The van der Waals surface area contributed by atoms with Crippen molar-refractivity contribution in [1.29, 1.82) is 0 Å². The molecule has 0 aromatic carbocycles. The maximum absolute atomic E-state index is 10.7. The number of aliphatic carboxylic acids is 1. The summed E-state index contributed by atoms with van der Waals surface area (Å²) in [6, 6.07) is -0.113. The number of carboxylic acid groups (broad SMARTS) is 1. The molecule has 5 heteroatoms. The van der Waals surface area contributed by atoms with Gasteiger partial charge < -0.3 is 10.4 Å². The maximum Gasteiger partial charge on any atom is 0.308 e. The lowest BCUT2D eigenvalue weighted by Crippen LogP contribution is -2.29. The Hall–Kier alpha value is -1.10. The molecule has 0 fully saturated rings. The number of thiazole rings is 1. The molecule has 0 bridgehead atoms. The van der Waals surface area contributed by atoms with Crippen molar-refractivity contribution in [2.75, 3.05) is 5.32 Å². The molecule has 0 aliphatic rings. The Bertz CT molecular complexity index is 338. The van der Waals surface area contributed by atoms with Crippen LogP contribution in [0.5, 0.6) is 0 Å². The highest BCUT2D eigenvalue weighted by Gasteiger charge is 2.19. The third-order valence-corrected chi connectivity index (χ3v) is 3.23. The van der Waals surface area contributed by atoms with Crippen LogP contribution in [0.3, 0.4) is 0 Å². The number of nitrogens with zero attached hydrogens (tertiary/aromatic N) is 1. The van der Waals surface area contributed by atoms with Gasteiger partial charge in [0.15, 0.2) is 5.13 Å². The number of carboxylic acids is 1. The molecule has 2 unspecified atom stereocenters. The Balaban J connectivity index is 2.57. The van der Waals surface area contributed by atoms with Crippen LogP contribution in [0.2, 0.25) is 0 Å². The first-order valence-corrected chi connectivity index (χ1v) is 5.86. The molecule has 2 N–H and O–H groups in total. The molecule has 0 amide bonds. The van der Waals surface area contributed by atoms with E-state index in [1.54, 1.807) is 6.92 Å². The van der Waals surface area contributed by atoms with E-state index in [4.69, 9.17) is 5.11 Å². The van der Waals surface area contributed by atoms with Crippen LogP contribution in [0.1, 0.15) is 26.5 Å². The normalized spacial score (nSPS) is 14.6. The van der Waals surface area contributed by atoms with Crippen molar-refractivity contribution in [2.45, 2.75) is 33.2 Å². The smallest absolute Gasteiger partial charge is 0.308 e. The van der Waals surface area contributed by atoms with Crippen LogP contribution in [0.15, 0.2) is 5.38 Å². The third-order valence-electron chi connectivity index (χ3n) is 2.40. The highest BCUT2D eigenvalue weighted by atomic mass is 32.1. The molecule has 1 rings (SSSR count). The van der Waals surface area contributed by atoms with E-state index >= 15 is 0 Å². The molecular formula is C10H16N2O2S. The number of hydrogen-bond donors (Lipinski definition) is 2. The molecule has 0 saturated carbocycles. The van der Waals surface area contributed by atoms with E-state index in [1.807, 2.05) is 19.2 Å². The van der Waals surface area contributed by atoms with E-state index in [0.29, 0.717) is 0 Å². The van der Waals surface area contributed by atoms with Gasteiger partial charge in [-0.05, 0) is 20.3 Å². The van der Waals surface area contributed by atoms with Gasteiger partial charge in [-0.3, -0.25) is 4.79 Å². The first-order valence-electron chi connectivity index (χ1n) is 4.98. The van der Waals surface area contributed by atoms with Crippen molar-refractivity contribution in [3.8, 4) is 0 Å². The van der Waals surface area contributed by atoms with Crippen molar-refractivity contribution in [3.05, 3.63) is 11.1 Å². The number of rotatable bonds is 5. The molecule has 15 heavy (non-hydrogen) atoms. The molecular weight excluding hydrogens is 212 g/mol. The SMILES string of the molecule is CCc1csc(NC(C)C(C)C(=O)O)n1. The Morgan fingerprint density at radius 2 is 2.33 bits per heavy atom. The van der Waals surface area contributed by atoms with Crippen LogP contribution in [-0.4, -0.2) is 22.1 Å². The number of aromatic nitrogens is 1. The standard InChI is InChI=1S/C10H16N2O2S/c1-4-8-5-15-10(12-8)11-7(3)6(2)9(13)14/h5-7H,4H2,1-3H3,(H,11,12)(H,13,14). The molecule has 0 spiro atoms. The largest absolute Gasteiger partial charge is 0.481 e. The molecule has 84 valence electrons. The van der Waals surface area contributed by atoms with Gasteiger partial charge in [0.1, 0.15) is 0 Å². The number of carbonyl (C=O) groups is 1. The lowest BCUT2D eigenvalue weighted by atomic mass is 10.1. The van der Waals surface area contributed by atoms with Crippen LogP contribution >= 0.6 is 11.3 Å². The first kappa shape index (κ1) is 12.0. The molecule has 0 aliphatic carbocycles. The van der Waals surface area contributed by atoms with Crippen LogP contribution in [0.25, 0.3) is 0 Å². The van der Waals surface area contributed by atoms with Gasteiger partial charge in [-0.1, -0.05) is 6.92 Å². The van der Waals surface area contributed by atoms with Crippen molar-refractivity contribution >= 4 is 22.4 Å². The summed E-state index contributed by atoms with van der Waals surface area (Å²) in [5, 5.41) is 14.7. The zero-order valence-electron chi connectivity index (χ0n) is 9.15. The van der Waals surface area contributed by atoms with Gasteiger partial charge in [-0.25, -0.2) is 4.98 Å². The lowest BCUT2D eigenvalue weighted by Gasteiger charge is -2.16. The summed E-state index contributed by atoms with van der Waals surface area (Å²) >= 11 is 1.52. The summed E-state index contributed by atoms with van der Waals surface area (Å²) in [6.45, 7) is 5.59. The second-order valence-corrected chi connectivity index (χ2v) is 4.42. The highest BCUT2D eigenvalue weighted by molar-refractivity contribution is 7.13. The minimum atomic E-state index is -0.790. The molecule has 0 radical (unpaired) electrons. The average molecular weight is 228 g/mol. The van der Waals surface area contributed by atoms with Gasteiger partial charge in [0.05, 0.1) is 11.6 Å². The Morgan fingerprint density at radius 1 is 1.67 bits per heavy atom. The van der Waals surface area contributed by atoms with Gasteiger partial charge in [0, 0.05) is 11.4 Å². The van der Waals surface area contributed by atoms with E-state index in [0.717, 1.165) is 17.2 Å². The van der Waals surface area contributed by atoms with Gasteiger partial charge >= 0.3 is 5.97 Å². The van der Waals surface area contributed by atoms with E-state index in [2.05, 4.69) is 10.3 Å². The fourth-order valence-electron chi connectivity index (χ4n) is 1.07. The summed E-state index contributed by atoms with van der Waals surface area (Å²) in [6.07, 6.45) is 0.904. The zero-order chi connectivity index (χ0) is 11.4. The molecule has 1 heterocycles. The van der Waals surface area contributed by atoms with Crippen molar-refractivity contribution < 1.29 is 9.90 Å². The van der Waals surface area contributed by atoms with Crippen LogP contribution < -0.4 is 5.32 Å². The number of anilines is 1. The average Bonchev–Trinajstić information content (AvgIpc) is 2.64. The quantitative estimate of drug-likeness (QED) is 0.811. The van der Waals surface area contributed by atoms with Crippen molar-refractivity contribution in [1.82, 2.24) is 4.98 Å². The van der Waals surface area contributed by atoms with Gasteiger partial charge in [0.2, 0.25) is 0 Å². The minimum absolute atomic E-state index is 0.113. The van der Waals surface area contributed by atoms with Crippen LogP contribution in [0.4, 0.5) is 5.13 Å². The summed E-state index contributed by atoms with van der Waals surface area (Å²) in [7, 11) is 0. The Morgan fingerprint density at radius 3 is 2.80 bits per heavy atom. The van der Waals surface area contributed by atoms with Crippen LogP contribution in [0, 0.1) is 5.92 Å². The Labute approximate surface area is 93.4 Å². The summed E-state index contributed by atoms with van der Waals surface area (Å²) < 4.78 is 0. The van der Waals surface area contributed by atoms with E-state index in [9.17, 15) is 4.79 Å². The zero-order valence-corrected chi connectivity index (χ0v) is 9.97. The number of hydrogen-bond acceptors (Lipinski definition) is 4. The number of aryl methyl sites for hydroxylation is 1. The van der Waals surface area contributed by atoms with E-state index in [-0.39, 0.29) is 6.04 Å². The van der Waals surface area contributed by atoms with E-state index < -0.39 is 11.9 Å². The first-order chi connectivity index (χ1) is 7.04. The second kappa shape index (κ2) is 5.11. The predicted octanol–water partition coefficient (Wildman–Crippen LogP) is 2.23. The maximum atomic E-state index is 10.7. The predicted molar refractivity (Wildman–Crippen MR) is 61.4 cm³/mol. The minimum Gasteiger partial charge on any atom is -0.481 e. The van der Waals surface area contributed by atoms with Crippen LogP contribution in [-0.2, 0) is 11.2 Å².